The molecule has 1 N–H and O–H groups in total. The van der Waals surface area contributed by atoms with Crippen molar-refractivity contribution in [3.05, 3.63) is 23.3 Å². The highest BCUT2D eigenvalue weighted by atomic mass is 16.5. The van der Waals surface area contributed by atoms with E-state index in [1.54, 1.807) is 0 Å². The first kappa shape index (κ1) is 14.6. The van der Waals surface area contributed by atoms with Crippen molar-refractivity contribution < 1.29 is 14.6 Å². The maximum atomic E-state index is 11.0. The molecule has 1 atom stereocenters. The SMILES string of the molecule is CCCC(OCC)c1ncc(C(=O)O)c(CC)n1. The molecule has 0 saturated heterocycles. The van der Waals surface area contributed by atoms with E-state index in [2.05, 4.69) is 16.9 Å². The normalized spacial score (nSPS) is 12.4. The van der Waals surface area contributed by atoms with Crippen LogP contribution in [0.1, 0.15) is 61.6 Å². The maximum Gasteiger partial charge on any atom is 0.339 e. The van der Waals surface area contributed by atoms with Gasteiger partial charge in [-0.05, 0) is 19.8 Å². The van der Waals surface area contributed by atoms with Gasteiger partial charge in [0.1, 0.15) is 6.10 Å². The Hall–Kier alpha value is -1.49. The highest BCUT2D eigenvalue weighted by Gasteiger charge is 2.18. The monoisotopic (exact) mass is 252 g/mol. The van der Waals surface area contributed by atoms with Gasteiger partial charge in [0.15, 0.2) is 5.82 Å². The van der Waals surface area contributed by atoms with E-state index in [0.29, 0.717) is 24.5 Å². The standard InChI is InChI=1S/C13H20N2O3/c1-4-7-11(18-6-3)12-14-8-9(13(16)17)10(5-2)15-12/h8,11H,4-7H2,1-3H3,(H,16,17). The highest BCUT2D eigenvalue weighted by Crippen LogP contribution is 2.20. The van der Waals surface area contributed by atoms with Crippen molar-refractivity contribution in [1.82, 2.24) is 9.97 Å². The third-order valence-electron chi connectivity index (χ3n) is 2.66. The van der Waals surface area contributed by atoms with Gasteiger partial charge in [-0.15, -0.1) is 0 Å². The number of carbonyl (C=O) groups is 1. The number of rotatable bonds is 7. The molecule has 0 saturated carbocycles. The predicted octanol–water partition coefficient (Wildman–Crippen LogP) is 2.61. The third kappa shape index (κ3) is 3.50. The number of aromatic nitrogens is 2. The molecule has 0 aliphatic rings. The second-order valence-corrected chi connectivity index (χ2v) is 3.98. The first-order valence-electron chi connectivity index (χ1n) is 6.34. The lowest BCUT2D eigenvalue weighted by Gasteiger charge is -2.15. The van der Waals surface area contributed by atoms with Crippen molar-refractivity contribution in [3.63, 3.8) is 0 Å². The zero-order chi connectivity index (χ0) is 13.5. The molecule has 0 aliphatic carbocycles. The third-order valence-corrected chi connectivity index (χ3v) is 2.66. The minimum Gasteiger partial charge on any atom is -0.478 e. The van der Waals surface area contributed by atoms with Gasteiger partial charge in [0, 0.05) is 12.8 Å². The first-order valence-corrected chi connectivity index (χ1v) is 6.34. The van der Waals surface area contributed by atoms with Crippen LogP contribution in [0.15, 0.2) is 6.20 Å². The Labute approximate surface area is 107 Å². The number of aryl methyl sites for hydroxylation is 1. The van der Waals surface area contributed by atoms with Crippen molar-refractivity contribution in [3.8, 4) is 0 Å². The van der Waals surface area contributed by atoms with Crippen LogP contribution in [0, 0.1) is 0 Å². The van der Waals surface area contributed by atoms with Crippen LogP contribution in [-0.4, -0.2) is 27.7 Å². The van der Waals surface area contributed by atoms with Gasteiger partial charge in [0.05, 0.1) is 11.3 Å². The van der Waals surface area contributed by atoms with Gasteiger partial charge >= 0.3 is 5.97 Å². The van der Waals surface area contributed by atoms with Crippen LogP contribution in [0.5, 0.6) is 0 Å². The van der Waals surface area contributed by atoms with E-state index in [4.69, 9.17) is 9.84 Å². The average Bonchev–Trinajstić information content (AvgIpc) is 2.37. The molecule has 1 aromatic rings. The summed E-state index contributed by atoms with van der Waals surface area (Å²) < 4.78 is 5.60. The molecule has 18 heavy (non-hydrogen) atoms. The summed E-state index contributed by atoms with van der Waals surface area (Å²) in [5.41, 5.74) is 0.737. The lowest BCUT2D eigenvalue weighted by atomic mass is 10.1. The molecule has 0 radical (unpaired) electrons. The van der Waals surface area contributed by atoms with Gasteiger partial charge in [0.25, 0.3) is 0 Å². The van der Waals surface area contributed by atoms with Crippen LogP contribution in [0.2, 0.25) is 0 Å². The highest BCUT2D eigenvalue weighted by molar-refractivity contribution is 5.88. The summed E-state index contributed by atoms with van der Waals surface area (Å²) in [6.45, 7) is 6.47. The van der Waals surface area contributed by atoms with Crippen molar-refractivity contribution >= 4 is 5.97 Å². The minimum absolute atomic E-state index is 0.145. The van der Waals surface area contributed by atoms with Crippen molar-refractivity contribution in [2.75, 3.05) is 6.61 Å². The molecule has 5 nitrogen and oxygen atoms in total. The summed E-state index contributed by atoms with van der Waals surface area (Å²) in [7, 11) is 0. The predicted molar refractivity (Wildman–Crippen MR) is 67.6 cm³/mol. The molecule has 0 aliphatic heterocycles. The summed E-state index contributed by atoms with van der Waals surface area (Å²) in [5.74, 6) is -0.401. The fourth-order valence-electron chi connectivity index (χ4n) is 1.79. The molecular weight excluding hydrogens is 232 g/mol. The zero-order valence-electron chi connectivity index (χ0n) is 11.1. The van der Waals surface area contributed by atoms with Crippen LogP contribution in [0.3, 0.4) is 0 Å². The lowest BCUT2D eigenvalue weighted by Crippen LogP contribution is -2.13. The Morgan fingerprint density at radius 2 is 2.17 bits per heavy atom. The maximum absolute atomic E-state index is 11.0. The number of ether oxygens (including phenoxy) is 1. The number of carboxylic acids is 1. The topological polar surface area (TPSA) is 72.3 Å². The second-order valence-electron chi connectivity index (χ2n) is 3.98. The lowest BCUT2D eigenvalue weighted by molar-refractivity contribution is 0.0489. The Morgan fingerprint density at radius 3 is 2.67 bits per heavy atom. The van der Waals surface area contributed by atoms with E-state index in [0.717, 1.165) is 12.8 Å². The molecule has 1 rings (SSSR count). The summed E-state index contributed by atoms with van der Waals surface area (Å²) in [6.07, 6.45) is 3.61. The minimum atomic E-state index is -0.984. The summed E-state index contributed by atoms with van der Waals surface area (Å²) >= 11 is 0. The van der Waals surface area contributed by atoms with Crippen LogP contribution in [0.4, 0.5) is 0 Å². The quantitative estimate of drug-likeness (QED) is 0.807. The number of hydrogen-bond donors (Lipinski definition) is 1. The van der Waals surface area contributed by atoms with Crippen molar-refractivity contribution in [2.24, 2.45) is 0 Å². The Balaban J connectivity index is 3.05. The molecule has 5 heteroatoms. The smallest absolute Gasteiger partial charge is 0.339 e. The van der Waals surface area contributed by atoms with E-state index in [1.807, 2.05) is 13.8 Å². The van der Waals surface area contributed by atoms with Gasteiger partial charge < -0.3 is 9.84 Å². The Morgan fingerprint density at radius 1 is 1.44 bits per heavy atom. The number of aromatic carboxylic acids is 1. The van der Waals surface area contributed by atoms with E-state index in [-0.39, 0.29) is 11.7 Å². The molecular formula is C13H20N2O3. The van der Waals surface area contributed by atoms with Crippen molar-refractivity contribution in [1.29, 1.82) is 0 Å². The largest absolute Gasteiger partial charge is 0.478 e. The summed E-state index contributed by atoms with van der Waals surface area (Å²) in [5, 5.41) is 9.02. The summed E-state index contributed by atoms with van der Waals surface area (Å²) in [4.78, 5) is 19.5. The number of hydrogen-bond acceptors (Lipinski definition) is 4. The zero-order valence-corrected chi connectivity index (χ0v) is 11.1. The van der Waals surface area contributed by atoms with E-state index in [9.17, 15) is 4.79 Å². The molecule has 0 amide bonds. The van der Waals surface area contributed by atoms with Crippen LogP contribution in [0.25, 0.3) is 0 Å². The van der Waals surface area contributed by atoms with Gasteiger partial charge in [0.2, 0.25) is 0 Å². The molecule has 100 valence electrons. The molecule has 1 heterocycles. The molecule has 0 spiro atoms. The molecule has 1 aromatic heterocycles. The Kier molecular flexibility index (Phi) is 5.71. The molecule has 0 fully saturated rings. The summed E-state index contributed by atoms with van der Waals surface area (Å²) in [6, 6.07) is 0. The number of carboxylic acid groups (broad SMARTS) is 1. The van der Waals surface area contributed by atoms with E-state index < -0.39 is 5.97 Å². The fourth-order valence-corrected chi connectivity index (χ4v) is 1.79. The van der Waals surface area contributed by atoms with Crippen LogP contribution < -0.4 is 0 Å². The fraction of sp³-hybridized carbons (Fsp3) is 0.615. The van der Waals surface area contributed by atoms with Gasteiger partial charge in [-0.2, -0.15) is 0 Å². The molecule has 0 bridgehead atoms. The average molecular weight is 252 g/mol. The van der Waals surface area contributed by atoms with E-state index >= 15 is 0 Å². The van der Waals surface area contributed by atoms with E-state index in [1.165, 1.54) is 6.20 Å². The molecule has 0 aromatic carbocycles. The van der Waals surface area contributed by atoms with Gasteiger partial charge in [-0.25, -0.2) is 14.8 Å². The molecule has 1 unspecified atom stereocenters. The van der Waals surface area contributed by atoms with Gasteiger partial charge in [-0.1, -0.05) is 20.3 Å². The van der Waals surface area contributed by atoms with Crippen LogP contribution >= 0.6 is 0 Å². The van der Waals surface area contributed by atoms with Crippen molar-refractivity contribution in [2.45, 2.75) is 46.1 Å². The van der Waals surface area contributed by atoms with Gasteiger partial charge in [-0.3, -0.25) is 0 Å². The second kappa shape index (κ2) is 7.06. The first-order chi connectivity index (χ1) is 8.63. The number of nitrogens with zero attached hydrogens (tertiary/aromatic N) is 2. The Bertz CT molecular complexity index is 401. The van der Waals surface area contributed by atoms with Crippen LogP contribution in [-0.2, 0) is 11.2 Å².